The number of methoxy groups -OCH3 is 1. The minimum absolute atomic E-state index is 0.0163. The molecule has 34 heavy (non-hydrogen) atoms. The first-order chi connectivity index (χ1) is 16.5. The number of rotatable bonds is 6. The van der Waals surface area contributed by atoms with Crippen LogP contribution >= 0.6 is 0 Å². The van der Waals surface area contributed by atoms with Gasteiger partial charge in [0.1, 0.15) is 22.9 Å². The first-order valence-corrected chi connectivity index (χ1v) is 11.5. The maximum absolute atomic E-state index is 12.9. The van der Waals surface area contributed by atoms with Gasteiger partial charge in [0.25, 0.3) is 11.5 Å². The Labute approximate surface area is 197 Å². The summed E-state index contributed by atoms with van der Waals surface area (Å²) < 4.78 is 13.7. The van der Waals surface area contributed by atoms with E-state index in [2.05, 4.69) is 20.7 Å². The number of hydrogen-bond acceptors (Lipinski definition) is 8. The summed E-state index contributed by atoms with van der Waals surface area (Å²) in [5.41, 5.74) is 6.13. The van der Waals surface area contributed by atoms with Crippen LogP contribution in [-0.2, 0) is 9.47 Å². The highest BCUT2D eigenvalue weighted by molar-refractivity contribution is 5.98. The Bertz CT molecular complexity index is 1190. The number of nitrogens with two attached hydrogens (primary N) is 1. The lowest BCUT2D eigenvalue weighted by Gasteiger charge is -2.24. The van der Waals surface area contributed by atoms with Crippen LogP contribution in [-0.4, -0.2) is 58.5 Å². The lowest BCUT2D eigenvalue weighted by molar-refractivity contribution is 0.0412. The second-order valence-electron chi connectivity index (χ2n) is 8.35. The molecule has 0 aromatic carbocycles. The largest absolute Gasteiger partial charge is 0.381 e. The van der Waals surface area contributed by atoms with Gasteiger partial charge < -0.3 is 30.4 Å². The number of nitrogens with one attached hydrogen (secondary N) is 2. The quantitative estimate of drug-likeness (QED) is 0.500. The van der Waals surface area contributed by atoms with E-state index in [1.165, 1.54) is 30.0 Å². The molecule has 0 spiro atoms. The molecule has 1 saturated heterocycles. The summed E-state index contributed by atoms with van der Waals surface area (Å²) >= 11 is 0. The van der Waals surface area contributed by atoms with E-state index < -0.39 is 5.91 Å². The smallest absolute Gasteiger partial charge is 0.274 e. The van der Waals surface area contributed by atoms with Gasteiger partial charge in [0.05, 0.1) is 24.9 Å². The number of carbonyl (C=O) groups is 1. The zero-order valence-electron chi connectivity index (χ0n) is 19.5. The molecule has 5 rings (SSSR count). The summed E-state index contributed by atoms with van der Waals surface area (Å²) in [7, 11) is 3.51. The van der Waals surface area contributed by atoms with Crippen molar-refractivity contribution in [3.8, 4) is 0 Å². The minimum atomic E-state index is -0.624. The molecule has 1 unspecified atom stereocenters. The molecule has 3 aromatic rings. The van der Waals surface area contributed by atoms with Crippen LogP contribution in [0, 0.1) is 0 Å². The number of anilines is 3. The Morgan fingerprint density at radius 3 is 2.71 bits per heavy atom. The van der Waals surface area contributed by atoms with E-state index in [0.717, 1.165) is 19.4 Å². The molecule has 1 aliphatic heterocycles. The van der Waals surface area contributed by atoms with Gasteiger partial charge in [0.15, 0.2) is 5.65 Å². The Morgan fingerprint density at radius 2 is 2.12 bits per heavy atom. The fourth-order valence-corrected chi connectivity index (χ4v) is 3.96. The van der Waals surface area contributed by atoms with E-state index in [-0.39, 0.29) is 17.2 Å². The molecule has 11 heteroatoms. The molecule has 1 amide bonds. The van der Waals surface area contributed by atoms with Crippen molar-refractivity contribution in [1.82, 2.24) is 19.2 Å². The van der Waals surface area contributed by atoms with Crippen LogP contribution in [0.2, 0.25) is 0 Å². The molecular formula is C23H31N7O4. The van der Waals surface area contributed by atoms with E-state index in [1.54, 1.807) is 37.1 Å². The van der Waals surface area contributed by atoms with Crippen LogP contribution in [0.5, 0.6) is 0 Å². The number of nitrogens with zero attached hydrogens (tertiary/aromatic N) is 4. The Kier molecular flexibility index (Phi) is 7.43. The number of carbonyl (C=O) groups excluding carboxylic acids is 1. The highest BCUT2D eigenvalue weighted by Gasteiger charge is 2.19. The second kappa shape index (κ2) is 10.7. The molecule has 0 bridgehead atoms. The van der Waals surface area contributed by atoms with Gasteiger partial charge in [-0.3, -0.25) is 9.59 Å². The van der Waals surface area contributed by atoms with Gasteiger partial charge in [-0.2, -0.15) is 9.61 Å². The first kappa shape index (κ1) is 23.7. The fraction of sp³-hybridized carbons (Fsp3) is 0.478. The van der Waals surface area contributed by atoms with Crippen LogP contribution < -0.4 is 21.9 Å². The lowest BCUT2D eigenvalue weighted by Crippen LogP contribution is -2.31. The van der Waals surface area contributed by atoms with Crippen LogP contribution in [0.1, 0.15) is 48.5 Å². The molecule has 1 atom stereocenters. The Morgan fingerprint density at radius 1 is 1.29 bits per heavy atom. The molecule has 2 aliphatic rings. The second-order valence-corrected chi connectivity index (χ2v) is 8.35. The normalized spacial score (nSPS) is 18.0. The maximum atomic E-state index is 12.9. The summed E-state index contributed by atoms with van der Waals surface area (Å²) in [4.78, 5) is 29.0. The minimum Gasteiger partial charge on any atom is -0.381 e. The SMILES string of the molecule is CNc1cc(Nc2cccn(C3CCCOC3)c2=O)nc2c(C(N)=O)cnn12.COC1CCC1. The summed E-state index contributed by atoms with van der Waals surface area (Å²) in [5, 5.41) is 10.2. The molecule has 0 radical (unpaired) electrons. The third kappa shape index (κ3) is 5.05. The number of fused-ring (bicyclic) bond motifs is 1. The van der Waals surface area contributed by atoms with Crippen molar-refractivity contribution >= 4 is 28.9 Å². The monoisotopic (exact) mass is 469 g/mol. The molecular weight excluding hydrogens is 438 g/mol. The predicted octanol–water partition coefficient (Wildman–Crippen LogP) is 2.31. The third-order valence-corrected chi connectivity index (χ3v) is 6.15. The zero-order chi connectivity index (χ0) is 24.1. The van der Waals surface area contributed by atoms with Gasteiger partial charge in [0.2, 0.25) is 0 Å². The average Bonchev–Trinajstić information content (AvgIpc) is 3.24. The number of aromatic nitrogens is 4. The van der Waals surface area contributed by atoms with E-state index in [9.17, 15) is 9.59 Å². The molecule has 4 heterocycles. The van der Waals surface area contributed by atoms with Gasteiger partial charge in [0, 0.05) is 33.0 Å². The van der Waals surface area contributed by atoms with Crippen molar-refractivity contribution < 1.29 is 14.3 Å². The summed E-state index contributed by atoms with van der Waals surface area (Å²) in [5.74, 6) is 0.368. The number of hydrogen-bond donors (Lipinski definition) is 3. The maximum Gasteiger partial charge on any atom is 0.274 e. The van der Waals surface area contributed by atoms with Gasteiger partial charge in [-0.25, -0.2) is 4.98 Å². The first-order valence-electron chi connectivity index (χ1n) is 11.5. The van der Waals surface area contributed by atoms with Crippen molar-refractivity contribution in [1.29, 1.82) is 0 Å². The third-order valence-electron chi connectivity index (χ3n) is 6.15. The van der Waals surface area contributed by atoms with E-state index in [4.69, 9.17) is 15.2 Å². The van der Waals surface area contributed by atoms with Crippen molar-refractivity contribution in [2.24, 2.45) is 5.73 Å². The van der Waals surface area contributed by atoms with E-state index >= 15 is 0 Å². The lowest BCUT2D eigenvalue weighted by atomic mass is 9.96. The number of ether oxygens (including phenoxy) is 2. The van der Waals surface area contributed by atoms with Crippen LogP contribution in [0.3, 0.4) is 0 Å². The van der Waals surface area contributed by atoms with Crippen LogP contribution in [0.4, 0.5) is 17.3 Å². The molecule has 2 fully saturated rings. The van der Waals surface area contributed by atoms with Crippen molar-refractivity contribution in [2.45, 2.75) is 44.2 Å². The van der Waals surface area contributed by atoms with Gasteiger partial charge >= 0.3 is 0 Å². The fourth-order valence-electron chi connectivity index (χ4n) is 3.96. The zero-order valence-corrected chi connectivity index (χ0v) is 19.5. The Balaban J connectivity index is 0.000000398. The summed E-state index contributed by atoms with van der Waals surface area (Å²) in [6, 6.07) is 5.22. The van der Waals surface area contributed by atoms with Gasteiger partial charge in [-0.05, 0) is 44.2 Å². The highest BCUT2D eigenvalue weighted by atomic mass is 16.5. The van der Waals surface area contributed by atoms with E-state index in [1.807, 2.05) is 6.07 Å². The molecule has 11 nitrogen and oxygen atoms in total. The topological polar surface area (TPSA) is 138 Å². The molecule has 1 aliphatic carbocycles. The molecule has 3 aromatic heterocycles. The molecule has 182 valence electrons. The molecule has 1 saturated carbocycles. The van der Waals surface area contributed by atoms with E-state index in [0.29, 0.717) is 35.7 Å². The average molecular weight is 470 g/mol. The Hall–Kier alpha value is -3.44. The number of amides is 1. The summed E-state index contributed by atoms with van der Waals surface area (Å²) in [6.45, 7) is 1.25. The van der Waals surface area contributed by atoms with Crippen LogP contribution in [0.15, 0.2) is 35.4 Å². The van der Waals surface area contributed by atoms with Crippen molar-refractivity contribution in [2.75, 3.05) is 38.0 Å². The highest BCUT2D eigenvalue weighted by Crippen LogP contribution is 2.22. The number of primary amides is 1. The standard InChI is InChI=1S/C18H21N7O3.C5H10O/c1-20-15-8-14(23-17-12(16(19)26)9-21-25(15)17)22-13-5-2-6-24(18(13)27)11-4-3-7-28-10-11;1-6-5-3-2-4-5/h2,5-6,8-9,11,20H,3-4,7,10H2,1H3,(H2,19,26)(H,22,23);5H,2-4H2,1H3. The van der Waals surface area contributed by atoms with Gasteiger partial charge in [-0.1, -0.05) is 0 Å². The number of pyridine rings is 1. The summed E-state index contributed by atoms with van der Waals surface area (Å²) in [6.07, 6.45) is 9.53. The van der Waals surface area contributed by atoms with Crippen molar-refractivity contribution in [3.05, 3.63) is 46.5 Å². The predicted molar refractivity (Wildman–Crippen MR) is 129 cm³/mol. The van der Waals surface area contributed by atoms with Crippen molar-refractivity contribution in [3.63, 3.8) is 0 Å². The molecule has 4 N–H and O–H groups in total. The van der Waals surface area contributed by atoms with Crippen LogP contribution in [0.25, 0.3) is 5.65 Å². The van der Waals surface area contributed by atoms with Gasteiger partial charge in [-0.15, -0.1) is 0 Å².